The fourth-order valence-electron chi connectivity index (χ4n) is 2.77. The SMILES string of the molecule is NC(c1ccc(I)c(Cl)c1)c1ccccc1C1CCC1. The van der Waals surface area contributed by atoms with E-state index in [-0.39, 0.29) is 6.04 Å². The summed E-state index contributed by atoms with van der Waals surface area (Å²) in [6.07, 6.45) is 3.91. The van der Waals surface area contributed by atoms with E-state index < -0.39 is 0 Å². The molecule has 1 atom stereocenters. The van der Waals surface area contributed by atoms with Gasteiger partial charge in [-0.25, -0.2) is 0 Å². The normalized spacial score (nSPS) is 16.8. The molecule has 1 aliphatic rings. The Kier molecular flexibility index (Phi) is 4.34. The lowest BCUT2D eigenvalue weighted by Crippen LogP contribution is -2.18. The van der Waals surface area contributed by atoms with E-state index in [1.54, 1.807) is 0 Å². The van der Waals surface area contributed by atoms with E-state index in [0.717, 1.165) is 14.2 Å². The highest BCUT2D eigenvalue weighted by atomic mass is 127. The number of hydrogen-bond donors (Lipinski definition) is 1. The average molecular weight is 398 g/mol. The van der Waals surface area contributed by atoms with Gasteiger partial charge in [0.05, 0.1) is 11.1 Å². The van der Waals surface area contributed by atoms with Gasteiger partial charge in [-0.15, -0.1) is 0 Å². The number of hydrogen-bond acceptors (Lipinski definition) is 1. The van der Waals surface area contributed by atoms with Crippen molar-refractivity contribution in [3.8, 4) is 0 Å². The van der Waals surface area contributed by atoms with Gasteiger partial charge in [-0.1, -0.05) is 48.4 Å². The van der Waals surface area contributed by atoms with Crippen LogP contribution in [-0.2, 0) is 0 Å². The van der Waals surface area contributed by atoms with Crippen LogP contribution in [-0.4, -0.2) is 0 Å². The summed E-state index contributed by atoms with van der Waals surface area (Å²) in [4.78, 5) is 0. The van der Waals surface area contributed by atoms with Gasteiger partial charge in [0, 0.05) is 3.57 Å². The Balaban J connectivity index is 1.97. The highest BCUT2D eigenvalue weighted by Gasteiger charge is 2.24. The van der Waals surface area contributed by atoms with E-state index in [9.17, 15) is 0 Å². The predicted molar refractivity (Wildman–Crippen MR) is 93.2 cm³/mol. The Labute approximate surface area is 138 Å². The molecule has 0 aliphatic heterocycles. The second-order valence-electron chi connectivity index (χ2n) is 5.41. The Morgan fingerprint density at radius 2 is 1.90 bits per heavy atom. The Morgan fingerprint density at radius 3 is 2.55 bits per heavy atom. The molecule has 0 bridgehead atoms. The monoisotopic (exact) mass is 397 g/mol. The highest BCUT2D eigenvalue weighted by Crippen LogP contribution is 2.40. The lowest BCUT2D eigenvalue weighted by atomic mass is 9.76. The first-order valence-electron chi connectivity index (χ1n) is 6.96. The molecule has 0 aromatic heterocycles. The zero-order valence-corrected chi connectivity index (χ0v) is 14.1. The van der Waals surface area contributed by atoms with Gasteiger partial charge in [0.2, 0.25) is 0 Å². The first-order chi connectivity index (χ1) is 9.66. The maximum absolute atomic E-state index is 6.49. The van der Waals surface area contributed by atoms with Crippen molar-refractivity contribution in [2.24, 2.45) is 5.73 Å². The van der Waals surface area contributed by atoms with Gasteiger partial charge >= 0.3 is 0 Å². The van der Waals surface area contributed by atoms with Crippen LogP contribution in [0.2, 0.25) is 5.02 Å². The van der Waals surface area contributed by atoms with Gasteiger partial charge in [-0.3, -0.25) is 0 Å². The Hall–Kier alpha value is -0.580. The van der Waals surface area contributed by atoms with Crippen LogP contribution in [0.25, 0.3) is 0 Å². The summed E-state index contributed by atoms with van der Waals surface area (Å²) in [5.74, 6) is 0.691. The molecular weight excluding hydrogens is 381 g/mol. The molecule has 0 saturated heterocycles. The predicted octanol–water partition coefficient (Wildman–Crippen LogP) is 5.26. The minimum Gasteiger partial charge on any atom is -0.320 e. The number of nitrogens with two attached hydrogens (primary N) is 1. The molecule has 20 heavy (non-hydrogen) atoms. The van der Waals surface area contributed by atoms with E-state index in [1.807, 2.05) is 12.1 Å². The number of benzene rings is 2. The third-order valence-electron chi connectivity index (χ3n) is 4.18. The van der Waals surface area contributed by atoms with E-state index in [4.69, 9.17) is 17.3 Å². The maximum atomic E-state index is 6.49. The second kappa shape index (κ2) is 6.04. The molecule has 3 rings (SSSR count). The molecule has 104 valence electrons. The zero-order chi connectivity index (χ0) is 14.1. The summed E-state index contributed by atoms with van der Waals surface area (Å²) < 4.78 is 1.06. The highest BCUT2D eigenvalue weighted by molar-refractivity contribution is 14.1. The fourth-order valence-corrected chi connectivity index (χ4v) is 3.30. The van der Waals surface area contributed by atoms with Gasteiger partial charge in [0.1, 0.15) is 0 Å². The summed E-state index contributed by atoms with van der Waals surface area (Å²) in [5.41, 5.74) is 10.2. The van der Waals surface area contributed by atoms with Crippen LogP contribution < -0.4 is 5.73 Å². The molecule has 0 radical (unpaired) electrons. The molecule has 1 saturated carbocycles. The fraction of sp³-hybridized carbons (Fsp3) is 0.294. The van der Waals surface area contributed by atoms with Gasteiger partial charge < -0.3 is 5.73 Å². The molecule has 2 aromatic rings. The Bertz CT molecular complexity index is 622. The Morgan fingerprint density at radius 1 is 1.15 bits per heavy atom. The van der Waals surface area contributed by atoms with Crippen molar-refractivity contribution in [2.75, 3.05) is 0 Å². The molecule has 1 fully saturated rings. The van der Waals surface area contributed by atoms with Crippen molar-refractivity contribution in [2.45, 2.75) is 31.2 Å². The third-order valence-corrected chi connectivity index (χ3v) is 5.75. The largest absolute Gasteiger partial charge is 0.320 e. The second-order valence-corrected chi connectivity index (χ2v) is 6.98. The van der Waals surface area contributed by atoms with Crippen molar-refractivity contribution in [3.05, 3.63) is 67.7 Å². The van der Waals surface area contributed by atoms with E-state index in [2.05, 4.69) is 52.9 Å². The van der Waals surface area contributed by atoms with Crippen LogP contribution >= 0.6 is 34.2 Å². The van der Waals surface area contributed by atoms with Crippen molar-refractivity contribution in [1.82, 2.24) is 0 Å². The zero-order valence-electron chi connectivity index (χ0n) is 11.2. The molecule has 2 aromatic carbocycles. The molecule has 1 unspecified atom stereocenters. The molecule has 1 aliphatic carbocycles. The van der Waals surface area contributed by atoms with Crippen LogP contribution in [0.1, 0.15) is 47.9 Å². The van der Waals surface area contributed by atoms with Gasteiger partial charge in [0.25, 0.3) is 0 Å². The van der Waals surface area contributed by atoms with Crippen molar-refractivity contribution >= 4 is 34.2 Å². The topological polar surface area (TPSA) is 26.0 Å². The summed E-state index contributed by atoms with van der Waals surface area (Å²) in [6, 6.07) is 14.6. The molecule has 0 amide bonds. The summed E-state index contributed by atoms with van der Waals surface area (Å²) in [7, 11) is 0. The summed E-state index contributed by atoms with van der Waals surface area (Å²) >= 11 is 8.46. The summed E-state index contributed by atoms with van der Waals surface area (Å²) in [6.45, 7) is 0. The minimum absolute atomic E-state index is 0.0960. The minimum atomic E-state index is -0.0960. The maximum Gasteiger partial charge on any atom is 0.0555 e. The smallest absolute Gasteiger partial charge is 0.0555 e. The van der Waals surface area contributed by atoms with E-state index in [0.29, 0.717) is 5.92 Å². The number of halogens is 2. The van der Waals surface area contributed by atoms with Crippen LogP contribution in [0.5, 0.6) is 0 Å². The molecule has 0 spiro atoms. The first kappa shape index (κ1) is 14.4. The molecule has 2 N–H and O–H groups in total. The summed E-state index contributed by atoms with van der Waals surface area (Å²) in [5, 5.41) is 0.777. The molecule has 0 heterocycles. The average Bonchev–Trinajstić information content (AvgIpc) is 2.40. The van der Waals surface area contributed by atoms with Crippen LogP contribution in [0.4, 0.5) is 0 Å². The van der Waals surface area contributed by atoms with E-state index in [1.165, 1.54) is 30.4 Å². The quantitative estimate of drug-likeness (QED) is 0.702. The molecular formula is C17H17ClIN. The van der Waals surface area contributed by atoms with Gasteiger partial charge in [0.15, 0.2) is 0 Å². The van der Waals surface area contributed by atoms with Crippen molar-refractivity contribution in [3.63, 3.8) is 0 Å². The van der Waals surface area contributed by atoms with Crippen LogP contribution in [0.15, 0.2) is 42.5 Å². The molecule has 3 heteroatoms. The third kappa shape index (κ3) is 2.74. The van der Waals surface area contributed by atoms with Crippen LogP contribution in [0, 0.1) is 3.57 Å². The molecule has 1 nitrogen and oxygen atoms in total. The first-order valence-corrected chi connectivity index (χ1v) is 8.42. The van der Waals surface area contributed by atoms with Crippen LogP contribution in [0.3, 0.4) is 0 Å². The van der Waals surface area contributed by atoms with E-state index >= 15 is 0 Å². The van der Waals surface area contributed by atoms with Crippen molar-refractivity contribution in [1.29, 1.82) is 0 Å². The van der Waals surface area contributed by atoms with Gasteiger partial charge in [-0.05, 0) is 70.2 Å². The van der Waals surface area contributed by atoms with Crippen molar-refractivity contribution < 1.29 is 0 Å². The number of rotatable bonds is 3. The van der Waals surface area contributed by atoms with Gasteiger partial charge in [-0.2, -0.15) is 0 Å². The standard InChI is InChI=1S/C17H17ClIN/c18-15-10-12(8-9-16(15)19)17(20)14-7-2-1-6-13(14)11-4-3-5-11/h1-2,6-11,17H,3-5,20H2. The lowest BCUT2D eigenvalue weighted by molar-refractivity contribution is 0.416. The lowest BCUT2D eigenvalue weighted by Gasteiger charge is -2.29.